The molecule has 0 radical (unpaired) electrons. The number of nitrogens with one attached hydrogen (secondary N) is 2. The molecule has 2 atom stereocenters. The second-order valence-corrected chi connectivity index (χ2v) is 7.05. The number of carbonyl (C=O) groups excluding carboxylic acids is 1. The van der Waals surface area contributed by atoms with Gasteiger partial charge in [-0.3, -0.25) is 4.79 Å². The fourth-order valence-electron chi connectivity index (χ4n) is 4.53. The molecule has 0 spiro atoms. The summed E-state index contributed by atoms with van der Waals surface area (Å²) in [6, 6.07) is 0. The van der Waals surface area contributed by atoms with E-state index in [0.29, 0.717) is 12.5 Å². The average molecular weight is 303 g/mol. The molecule has 0 bridgehead atoms. The minimum atomic E-state index is -0.178. The normalized spacial score (nSPS) is 30.6. The van der Waals surface area contributed by atoms with Gasteiger partial charge in [-0.2, -0.15) is 0 Å². The van der Waals surface area contributed by atoms with E-state index in [1.54, 1.807) is 0 Å². The number of amides is 1. The summed E-state index contributed by atoms with van der Waals surface area (Å²) in [4.78, 5) is 12.9. The molecule has 1 aromatic rings. The second kappa shape index (κ2) is 5.65. The molecule has 1 amide bonds. The first-order valence-electron chi connectivity index (χ1n) is 8.69. The van der Waals surface area contributed by atoms with Crippen LogP contribution in [0.25, 0.3) is 0 Å². The summed E-state index contributed by atoms with van der Waals surface area (Å²) in [5, 5.41) is 15.1. The maximum atomic E-state index is 12.9. The van der Waals surface area contributed by atoms with Gasteiger partial charge in [-0.1, -0.05) is 12.8 Å². The van der Waals surface area contributed by atoms with Gasteiger partial charge >= 0.3 is 0 Å². The summed E-state index contributed by atoms with van der Waals surface area (Å²) < 4.78 is 2.19. The molecule has 0 aromatic carbocycles. The second-order valence-electron chi connectivity index (χ2n) is 7.05. The third-order valence-corrected chi connectivity index (χ3v) is 5.83. The van der Waals surface area contributed by atoms with Crippen molar-refractivity contribution in [3.8, 4) is 0 Å². The molecule has 3 heterocycles. The van der Waals surface area contributed by atoms with Crippen molar-refractivity contribution in [2.45, 2.75) is 58.0 Å². The highest BCUT2D eigenvalue weighted by molar-refractivity contribution is 5.83. The van der Waals surface area contributed by atoms with Crippen LogP contribution in [0.3, 0.4) is 0 Å². The molecule has 1 saturated heterocycles. The van der Waals surface area contributed by atoms with Gasteiger partial charge in [0.2, 0.25) is 5.91 Å². The summed E-state index contributed by atoms with van der Waals surface area (Å²) in [6.45, 7) is 3.33. The Morgan fingerprint density at radius 3 is 3.23 bits per heavy atom. The zero-order valence-electron chi connectivity index (χ0n) is 13.1. The van der Waals surface area contributed by atoms with Crippen LogP contribution in [0, 0.1) is 11.3 Å². The van der Waals surface area contributed by atoms with Crippen LogP contribution in [0.15, 0.2) is 0 Å². The van der Waals surface area contributed by atoms with Crippen LogP contribution in [0.4, 0.5) is 0 Å². The van der Waals surface area contributed by atoms with Crippen LogP contribution in [-0.4, -0.2) is 33.8 Å². The van der Waals surface area contributed by atoms with Crippen molar-refractivity contribution in [2.75, 3.05) is 13.1 Å². The SMILES string of the molecule is O=C(NCc1nnc2n1CCCC2)[C@@]12CCCC[C@H]1CNC2. The first kappa shape index (κ1) is 14.2. The standard InChI is InChI=1S/C16H25N5O/c22-15(16-7-3-1-5-12(16)9-17-11-16)18-10-14-20-19-13-6-2-4-8-21(13)14/h12,17H,1-11H2,(H,18,22)/t12-,16+/m0/s1. The lowest BCUT2D eigenvalue weighted by molar-refractivity contribution is -0.134. The van der Waals surface area contributed by atoms with E-state index in [0.717, 1.165) is 44.1 Å². The van der Waals surface area contributed by atoms with Crippen LogP contribution in [-0.2, 0) is 24.3 Å². The average Bonchev–Trinajstić information content (AvgIpc) is 3.17. The number of nitrogens with zero attached hydrogens (tertiary/aromatic N) is 3. The summed E-state index contributed by atoms with van der Waals surface area (Å²) in [6.07, 6.45) is 8.03. The Kier molecular flexibility index (Phi) is 3.64. The van der Waals surface area contributed by atoms with E-state index in [1.165, 1.54) is 32.1 Å². The largest absolute Gasteiger partial charge is 0.348 e. The van der Waals surface area contributed by atoms with E-state index >= 15 is 0 Å². The predicted molar refractivity (Wildman–Crippen MR) is 82.1 cm³/mol. The number of carbonyl (C=O) groups is 1. The van der Waals surface area contributed by atoms with E-state index in [1.807, 2.05) is 0 Å². The van der Waals surface area contributed by atoms with E-state index in [9.17, 15) is 4.79 Å². The number of rotatable bonds is 3. The Labute approximate surface area is 131 Å². The van der Waals surface area contributed by atoms with E-state index in [2.05, 4.69) is 25.4 Å². The molecule has 2 fully saturated rings. The Morgan fingerprint density at radius 2 is 2.27 bits per heavy atom. The first-order valence-corrected chi connectivity index (χ1v) is 8.69. The highest BCUT2D eigenvalue weighted by Gasteiger charge is 2.49. The number of hydrogen-bond donors (Lipinski definition) is 2. The van der Waals surface area contributed by atoms with Crippen molar-refractivity contribution in [3.63, 3.8) is 0 Å². The molecule has 1 aromatic heterocycles. The fraction of sp³-hybridized carbons (Fsp3) is 0.812. The summed E-state index contributed by atoms with van der Waals surface area (Å²) in [5.74, 6) is 2.72. The minimum absolute atomic E-state index is 0.178. The van der Waals surface area contributed by atoms with E-state index < -0.39 is 0 Å². The lowest BCUT2D eigenvalue weighted by Gasteiger charge is -2.37. The van der Waals surface area contributed by atoms with Gasteiger partial charge in [0, 0.05) is 19.5 Å². The molecular formula is C16H25N5O. The maximum Gasteiger partial charge on any atom is 0.228 e. The topological polar surface area (TPSA) is 71.8 Å². The smallest absolute Gasteiger partial charge is 0.228 e. The number of aryl methyl sites for hydroxylation is 1. The highest BCUT2D eigenvalue weighted by Crippen LogP contribution is 2.43. The van der Waals surface area contributed by atoms with Crippen molar-refractivity contribution in [2.24, 2.45) is 11.3 Å². The van der Waals surface area contributed by atoms with Gasteiger partial charge in [-0.15, -0.1) is 10.2 Å². The molecular weight excluding hydrogens is 278 g/mol. The summed E-state index contributed by atoms with van der Waals surface area (Å²) in [7, 11) is 0. The monoisotopic (exact) mass is 303 g/mol. The van der Waals surface area contributed by atoms with Crippen LogP contribution >= 0.6 is 0 Å². The first-order chi connectivity index (χ1) is 10.8. The number of fused-ring (bicyclic) bond motifs is 2. The fourth-order valence-corrected chi connectivity index (χ4v) is 4.53. The van der Waals surface area contributed by atoms with Gasteiger partial charge in [-0.05, 0) is 38.1 Å². The van der Waals surface area contributed by atoms with Crippen molar-refractivity contribution in [1.29, 1.82) is 0 Å². The maximum absolute atomic E-state index is 12.9. The lowest BCUT2D eigenvalue weighted by Crippen LogP contribution is -2.47. The number of hydrogen-bond acceptors (Lipinski definition) is 4. The van der Waals surface area contributed by atoms with Gasteiger partial charge in [-0.25, -0.2) is 0 Å². The van der Waals surface area contributed by atoms with Crippen molar-refractivity contribution < 1.29 is 4.79 Å². The van der Waals surface area contributed by atoms with Crippen LogP contribution < -0.4 is 10.6 Å². The van der Waals surface area contributed by atoms with Gasteiger partial charge in [0.25, 0.3) is 0 Å². The van der Waals surface area contributed by atoms with Gasteiger partial charge < -0.3 is 15.2 Å². The molecule has 22 heavy (non-hydrogen) atoms. The van der Waals surface area contributed by atoms with Gasteiger partial charge in [0.1, 0.15) is 5.82 Å². The Balaban J connectivity index is 1.45. The Morgan fingerprint density at radius 1 is 1.32 bits per heavy atom. The van der Waals surface area contributed by atoms with E-state index in [-0.39, 0.29) is 11.3 Å². The van der Waals surface area contributed by atoms with E-state index in [4.69, 9.17) is 0 Å². The third kappa shape index (κ3) is 2.24. The molecule has 1 saturated carbocycles. The van der Waals surface area contributed by atoms with Crippen molar-refractivity contribution in [3.05, 3.63) is 11.6 Å². The Hall–Kier alpha value is -1.43. The molecule has 6 nitrogen and oxygen atoms in total. The molecule has 4 rings (SSSR count). The van der Waals surface area contributed by atoms with Gasteiger partial charge in [0.15, 0.2) is 5.82 Å². The van der Waals surface area contributed by atoms with Crippen LogP contribution in [0.1, 0.15) is 50.2 Å². The molecule has 120 valence electrons. The predicted octanol–water partition coefficient (Wildman–Crippen LogP) is 1.01. The van der Waals surface area contributed by atoms with Crippen LogP contribution in [0.2, 0.25) is 0 Å². The zero-order chi connectivity index (χ0) is 15.0. The zero-order valence-corrected chi connectivity index (χ0v) is 13.1. The Bertz CT molecular complexity index is 569. The summed E-state index contributed by atoms with van der Waals surface area (Å²) >= 11 is 0. The minimum Gasteiger partial charge on any atom is -0.348 e. The van der Waals surface area contributed by atoms with Crippen LogP contribution in [0.5, 0.6) is 0 Å². The molecule has 0 unspecified atom stereocenters. The molecule has 3 aliphatic rings. The third-order valence-electron chi connectivity index (χ3n) is 5.83. The summed E-state index contributed by atoms with van der Waals surface area (Å²) in [5.41, 5.74) is -0.178. The van der Waals surface area contributed by atoms with Gasteiger partial charge in [0.05, 0.1) is 12.0 Å². The van der Waals surface area contributed by atoms with Crippen molar-refractivity contribution >= 4 is 5.91 Å². The highest BCUT2D eigenvalue weighted by atomic mass is 16.2. The molecule has 1 aliphatic carbocycles. The van der Waals surface area contributed by atoms with Crippen molar-refractivity contribution in [1.82, 2.24) is 25.4 Å². The lowest BCUT2D eigenvalue weighted by atomic mass is 9.67. The molecule has 2 N–H and O–H groups in total. The molecule has 6 heteroatoms. The number of aromatic nitrogens is 3. The quantitative estimate of drug-likeness (QED) is 0.874. The molecule has 2 aliphatic heterocycles.